The van der Waals surface area contributed by atoms with Gasteiger partial charge in [0.1, 0.15) is 5.66 Å². The van der Waals surface area contributed by atoms with Gasteiger partial charge in [-0.2, -0.15) is 5.06 Å². The lowest BCUT2D eigenvalue weighted by molar-refractivity contribution is -0.204. The Kier molecular flexibility index (Phi) is 4.73. The second-order valence-electron chi connectivity index (χ2n) is 5.76. The van der Waals surface area contributed by atoms with Crippen molar-refractivity contribution in [3.05, 3.63) is 0 Å². The van der Waals surface area contributed by atoms with E-state index in [0.717, 1.165) is 44.2 Å². The first kappa shape index (κ1) is 14.7. The number of nitrogens with zero attached hydrogens (tertiary/aromatic N) is 2. The van der Waals surface area contributed by atoms with Gasteiger partial charge in [-0.15, -0.1) is 0 Å². The normalized spacial score (nSPS) is 22.8. The smallest absolute Gasteiger partial charge is 0.136 e. The van der Waals surface area contributed by atoms with Crippen LogP contribution in [0.1, 0.15) is 73.1 Å². The molecule has 1 rings (SSSR count). The molecular weight excluding hydrogens is 212 g/mol. The average Bonchev–Trinajstić information content (AvgIpc) is 2.46. The molecule has 3 heteroatoms. The number of hydroxylamine groups is 2. The third-order valence-electron chi connectivity index (χ3n) is 4.05. The van der Waals surface area contributed by atoms with E-state index in [-0.39, 0.29) is 11.2 Å². The van der Waals surface area contributed by atoms with Crippen LogP contribution in [0.3, 0.4) is 0 Å². The molecule has 100 valence electrons. The fraction of sp³-hybridized carbons (Fsp3) is 0.929. The lowest BCUT2D eigenvalue weighted by Gasteiger charge is -2.38. The maximum atomic E-state index is 10.5. The Morgan fingerprint density at radius 2 is 1.59 bits per heavy atom. The highest BCUT2D eigenvalue weighted by atomic mass is 16.5. The first-order valence-electron chi connectivity index (χ1n) is 6.97. The second kappa shape index (κ2) is 5.49. The zero-order valence-electron chi connectivity index (χ0n) is 12.1. The van der Waals surface area contributed by atoms with Gasteiger partial charge in [-0.3, -0.25) is 4.99 Å². The molecule has 0 atom stereocenters. The molecule has 0 aromatic heterocycles. The summed E-state index contributed by atoms with van der Waals surface area (Å²) in [5, 5.41) is 12.0. The number of hydrogen-bond donors (Lipinski definition) is 1. The van der Waals surface area contributed by atoms with Crippen molar-refractivity contribution in [1.29, 1.82) is 0 Å². The van der Waals surface area contributed by atoms with E-state index in [1.807, 2.05) is 20.8 Å². The van der Waals surface area contributed by atoms with Crippen molar-refractivity contribution in [2.75, 3.05) is 0 Å². The molecule has 0 aromatic carbocycles. The number of hydrogen-bond acceptors (Lipinski definition) is 3. The number of unbranched alkanes of at least 4 members (excludes halogenated alkanes) is 2. The molecule has 3 nitrogen and oxygen atoms in total. The van der Waals surface area contributed by atoms with Gasteiger partial charge in [0, 0.05) is 5.71 Å². The fourth-order valence-corrected chi connectivity index (χ4v) is 2.54. The first-order chi connectivity index (χ1) is 7.90. The third kappa shape index (κ3) is 2.71. The Balaban J connectivity index is 2.91. The highest BCUT2D eigenvalue weighted by Crippen LogP contribution is 2.40. The summed E-state index contributed by atoms with van der Waals surface area (Å²) in [5.41, 5.74) is 0.369. The Hall–Kier alpha value is -0.410. The molecular formula is C14H28N2O. The highest BCUT2D eigenvalue weighted by molar-refractivity contribution is 5.92. The summed E-state index contributed by atoms with van der Waals surface area (Å²) < 4.78 is 0. The first-order valence-corrected chi connectivity index (χ1v) is 6.97. The molecule has 0 saturated heterocycles. The van der Waals surface area contributed by atoms with E-state index < -0.39 is 0 Å². The van der Waals surface area contributed by atoms with E-state index >= 15 is 0 Å². The summed E-state index contributed by atoms with van der Waals surface area (Å²) in [6, 6.07) is 0. The molecule has 1 aliphatic rings. The van der Waals surface area contributed by atoms with Crippen LogP contribution in [0.15, 0.2) is 4.99 Å². The average molecular weight is 240 g/mol. The molecule has 1 aliphatic heterocycles. The maximum Gasteiger partial charge on any atom is 0.136 e. The molecule has 0 radical (unpaired) electrons. The summed E-state index contributed by atoms with van der Waals surface area (Å²) in [4.78, 5) is 4.82. The molecule has 0 aliphatic carbocycles. The Labute approximate surface area is 106 Å². The van der Waals surface area contributed by atoms with Gasteiger partial charge in [0.15, 0.2) is 0 Å². The van der Waals surface area contributed by atoms with Crippen molar-refractivity contribution in [3.63, 3.8) is 0 Å². The molecule has 0 aromatic rings. The number of aliphatic imine (C=N–C) groups is 1. The van der Waals surface area contributed by atoms with Gasteiger partial charge in [0.05, 0.1) is 5.54 Å². The van der Waals surface area contributed by atoms with E-state index in [4.69, 9.17) is 4.99 Å². The van der Waals surface area contributed by atoms with Crippen molar-refractivity contribution in [2.45, 2.75) is 84.3 Å². The zero-order chi connectivity index (χ0) is 13.1. The van der Waals surface area contributed by atoms with Crippen LogP contribution >= 0.6 is 0 Å². The standard InChI is InChI=1S/C14H28N2O/c1-6-8-10-14(11-9-7-2)15-12(3)13(4,5)16(14)17/h17H,6-11H2,1-5H3. The molecule has 0 fully saturated rings. The second-order valence-corrected chi connectivity index (χ2v) is 5.76. The van der Waals surface area contributed by atoms with E-state index in [1.54, 1.807) is 0 Å². The summed E-state index contributed by atoms with van der Waals surface area (Å²) in [6.45, 7) is 10.5. The van der Waals surface area contributed by atoms with Crippen LogP contribution in [0.4, 0.5) is 0 Å². The monoisotopic (exact) mass is 240 g/mol. The lowest BCUT2D eigenvalue weighted by atomic mass is 9.94. The maximum absolute atomic E-state index is 10.5. The molecule has 1 N–H and O–H groups in total. The van der Waals surface area contributed by atoms with Crippen molar-refractivity contribution in [2.24, 2.45) is 4.99 Å². The van der Waals surface area contributed by atoms with E-state index in [1.165, 1.54) is 5.06 Å². The molecule has 0 spiro atoms. The third-order valence-corrected chi connectivity index (χ3v) is 4.05. The van der Waals surface area contributed by atoms with Crippen LogP contribution in [-0.4, -0.2) is 27.2 Å². The molecule has 0 bridgehead atoms. The van der Waals surface area contributed by atoms with Gasteiger partial charge in [0.25, 0.3) is 0 Å². The van der Waals surface area contributed by atoms with Crippen molar-refractivity contribution in [1.82, 2.24) is 5.06 Å². The molecule has 1 heterocycles. The van der Waals surface area contributed by atoms with E-state index in [0.29, 0.717) is 0 Å². The van der Waals surface area contributed by atoms with Gasteiger partial charge >= 0.3 is 0 Å². The number of rotatable bonds is 6. The zero-order valence-corrected chi connectivity index (χ0v) is 12.1. The summed E-state index contributed by atoms with van der Waals surface area (Å²) in [7, 11) is 0. The Bertz CT molecular complexity index is 276. The molecule has 0 unspecified atom stereocenters. The quantitative estimate of drug-likeness (QED) is 0.761. The Morgan fingerprint density at radius 1 is 1.12 bits per heavy atom. The van der Waals surface area contributed by atoms with Crippen molar-refractivity contribution in [3.8, 4) is 0 Å². The SMILES string of the molecule is CCCCC1(CCCC)N=C(C)C(C)(C)N1O. The molecule has 17 heavy (non-hydrogen) atoms. The predicted octanol–water partition coefficient (Wildman–Crippen LogP) is 4.01. The van der Waals surface area contributed by atoms with Gasteiger partial charge in [0.2, 0.25) is 0 Å². The largest absolute Gasteiger partial charge is 0.311 e. The fourth-order valence-electron chi connectivity index (χ4n) is 2.54. The van der Waals surface area contributed by atoms with Gasteiger partial charge in [-0.1, -0.05) is 26.7 Å². The molecule has 0 saturated carbocycles. The van der Waals surface area contributed by atoms with Crippen LogP contribution in [0.25, 0.3) is 0 Å². The van der Waals surface area contributed by atoms with Crippen LogP contribution < -0.4 is 0 Å². The van der Waals surface area contributed by atoms with Crippen LogP contribution in [0.2, 0.25) is 0 Å². The topological polar surface area (TPSA) is 35.8 Å². The summed E-state index contributed by atoms with van der Waals surface area (Å²) >= 11 is 0. The Morgan fingerprint density at radius 3 is 1.88 bits per heavy atom. The summed E-state index contributed by atoms with van der Waals surface area (Å²) in [5.74, 6) is 0. The predicted molar refractivity (Wildman–Crippen MR) is 72.6 cm³/mol. The summed E-state index contributed by atoms with van der Waals surface area (Å²) in [6.07, 6.45) is 6.45. The van der Waals surface area contributed by atoms with Crippen LogP contribution in [-0.2, 0) is 0 Å². The van der Waals surface area contributed by atoms with E-state index in [9.17, 15) is 5.21 Å². The van der Waals surface area contributed by atoms with Crippen LogP contribution in [0.5, 0.6) is 0 Å². The highest BCUT2D eigenvalue weighted by Gasteiger charge is 2.49. The lowest BCUT2D eigenvalue weighted by Crippen LogP contribution is -2.52. The van der Waals surface area contributed by atoms with Crippen molar-refractivity contribution >= 4 is 5.71 Å². The van der Waals surface area contributed by atoms with Gasteiger partial charge in [-0.25, -0.2) is 0 Å². The van der Waals surface area contributed by atoms with Gasteiger partial charge < -0.3 is 5.21 Å². The van der Waals surface area contributed by atoms with Gasteiger partial charge in [-0.05, 0) is 46.5 Å². The van der Waals surface area contributed by atoms with E-state index in [2.05, 4.69) is 13.8 Å². The minimum atomic E-state index is -0.362. The van der Waals surface area contributed by atoms with Crippen LogP contribution in [0, 0.1) is 0 Å². The minimum absolute atomic E-state index is 0.318. The minimum Gasteiger partial charge on any atom is -0.311 e. The molecule has 0 amide bonds. The van der Waals surface area contributed by atoms with Crippen molar-refractivity contribution < 1.29 is 5.21 Å².